The van der Waals surface area contributed by atoms with Crippen molar-refractivity contribution < 1.29 is 23.9 Å². The molecule has 1 aliphatic rings. The van der Waals surface area contributed by atoms with Crippen LogP contribution >= 0.6 is 23.4 Å². The zero-order chi connectivity index (χ0) is 19.4. The molecule has 26 heavy (non-hydrogen) atoms. The molecule has 2 amide bonds. The highest BCUT2D eigenvalue weighted by Gasteiger charge is 2.41. The van der Waals surface area contributed by atoms with E-state index < -0.39 is 23.2 Å². The summed E-state index contributed by atoms with van der Waals surface area (Å²) in [5, 5.41) is -0.0943. The van der Waals surface area contributed by atoms with Crippen molar-refractivity contribution in [2.75, 3.05) is 7.11 Å². The number of carbonyl (C=O) groups excluding carboxylic acids is 3. The molecule has 2 atom stereocenters. The van der Waals surface area contributed by atoms with Crippen molar-refractivity contribution >= 4 is 46.6 Å². The predicted molar refractivity (Wildman–Crippen MR) is 101 cm³/mol. The van der Waals surface area contributed by atoms with Crippen molar-refractivity contribution in [1.82, 2.24) is 4.90 Å². The van der Waals surface area contributed by atoms with E-state index in [0.29, 0.717) is 16.3 Å². The number of benzene rings is 1. The van der Waals surface area contributed by atoms with E-state index >= 15 is 0 Å². The van der Waals surface area contributed by atoms with Crippen molar-refractivity contribution in [3.63, 3.8) is 0 Å². The van der Waals surface area contributed by atoms with Crippen LogP contribution in [0.1, 0.15) is 32.8 Å². The van der Waals surface area contributed by atoms with Crippen molar-refractivity contribution in [3.8, 4) is 5.75 Å². The van der Waals surface area contributed by atoms with E-state index in [1.807, 2.05) is 13.8 Å². The van der Waals surface area contributed by atoms with E-state index in [9.17, 15) is 14.4 Å². The van der Waals surface area contributed by atoms with Crippen LogP contribution in [0.25, 0.3) is 6.08 Å². The Kier molecular flexibility index (Phi) is 6.72. The van der Waals surface area contributed by atoms with Gasteiger partial charge in [-0.15, -0.1) is 0 Å². The standard InChI is InChI=1S/C18H20ClNO5S/c1-5-10(2)25-14-7-6-12(8-13(14)19)9-15-16(21)20(18(23)26-15)11(3)17(22)24-4/h6-11H,5H2,1-4H3/b15-9+/t10-,11+/m1/s1. The summed E-state index contributed by atoms with van der Waals surface area (Å²) in [5.41, 5.74) is 0.655. The summed E-state index contributed by atoms with van der Waals surface area (Å²) < 4.78 is 10.3. The van der Waals surface area contributed by atoms with Crippen LogP contribution in [0.5, 0.6) is 5.75 Å². The lowest BCUT2D eigenvalue weighted by Crippen LogP contribution is -2.42. The lowest BCUT2D eigenvalue weighted by atomic mass is 10.2. The number of carbonyl (C=O) groups is 3. The Morgan fingerprint density at radius 3 is 2.62 bits per heavy atom. The van der Waals surface area contributed by atoms with Crippen LogP contribution in [0, 0.1) is 0 Å². The number of esters is 1. The summed E-state index contributed by atoms with van der Waals surface area (Å²) in [6.45, 7) is 5.41. The number of rotatable bonds is 6. The fourth-order valence-electron chi connectivity index (χ4n) is 2.24. The molecule has 0 bridgehead atoms. The Morgan fingerprint density at radius 1 is 1.35 bits per heavy atom. The Balaban J connectivity index is 2.22. The van der Waals surface area contributed by atoms with Crippen LogP contribution in [0.3, 0.4) is 0 Å². The average molecular weight is 398 g/mol. The molecule has 0 aliphatic carbocycles. The van der Waals surface area contributed by atoms with Gasteiger partial charge in [-0.25, -0.2) is 4.79 Å². The average Bonchev–Trinajstić information content (AvgIpc) is 2.89. The Labute approximate surface area is 161 Å². The summed E-state index contributed by atoms with van der Waals surface area (Å²) >= 11 is 7.01. The third-order valence-corrected chi connectivity index (χ3v) is 5.09. The predicted octanol–water partition coefficient (Wildman–Crippen LogP) is 4.12. The van der Waals surface area contributed by atoms with E-state index in [-0.39, 0.29) is 11.0 Å². The molecule has 2 rings (SSSR count). The zero-order valence-corrected chi connectivity index (χ0v) is 16.5. The summed E-state index contributed by atoms with van der Waals surface area (Å²) in [7, 11) is 1.21. The minimum absolute atomic E-state index is 0.0367. The minimum atomic E-state index is -0.978. The molecule has 1 saturated heterocycles. The number of imide groups is 1. The van der Waals surface area contributed by atoms with Gasteiger partial charge in [-0.1, -0.05) is 24.6 Å². The number of thioether (sulfide) groups is 1. The third-order valence-electron chi connectivity index (χ3n) is 3.91. The number of ether oxygens (including phenoxy) is 2. The SMILES string of the molecule is CC[C@@H](C)Oc1ccc(/C=C2/SC(=O)N([C@@H](C)C(=O)OC)C2=O)cc1Cl. The van der Waals surface area contributed by atoms with Crippen molar-refractivity contribution in [2.24, 2.45) is 0 Å². The molecular weight excluding hydrogens is 378 g/mol. The summed E-state index contributed by atoms with van der Waals surface area (Å²) in [6.07, 6.45) is 2.45. The normalized spacial score (nSPS) is 18.2. The molecule has 0 spiro atoms. The fourth-order valence-corrected chi connectivity index (χ4v) is 3.39. The lowest BCUT2D eigenvalue weighted by molar-refractivity contribution is -0.148. The van der Waals surface area contributed by atoms with E-state index in [1.54, 1.807) is 24.3 Å². The molecule has 0 radical (unpaired) electrons. The highest BCUT2D eigenvalue weighted by Crippen LogP contribution is 2.35. The molecule has 6 nitrogen and oxygen atoms in total. The molecule has 0 N–H and O–H groups in total. The van der Waals surface area contributed by atoms with Crippen LogP contribution in [0.2, 0.25) is 5.02 Å². The molecule has 1 heterocycles. The topological polar surface area (TPSA) is 72.9 Å². The molecular formula is C18H20ClNO5S. The van der Waals surface area contributed by atoms with E-state index in [2.05, 4.69) is 4.74 Å². The smallest absolute Gasteiger partial charge is 0.328 e. The van der Waals surface area contributed by atoms with Crippen LogP contribution in [-0.2, 0) is 14.3 Å². The van der Waals surface area contributed by atoms with Gasteiger partial charge in [-0.05, 0) is 55.8 Å². The van der Waals surface area contributed by atoms with Gasteiger partial charge in [-0.3, -0.25) is 14.5 Å². The first-order chi connectivity index (χ1) is 12.3. The minimum Gasteiger partial charge on any atom is -0.489 e. The second-order valence-electron chi connectivity index (χ2n) is 5.78. The number of halogens is 1. The molecule has 0 saturated carbocycles. The summed E-state index contributed by atoms with van der Waals surface area (Å²) in [5.74, 6) is -0.623. The van der Waals surface area contributed by atoms with Gasteiger partial charge in [0.25, 0.3) is 11.1 Å². The Morgan fingerprint density at radius 2 is 2.04 bits per heavy atom. The summed E-state index contributed by atoms with van der Waals surface area (Å²) in [4.78, 5) is 37.3. The molecule has 1 aromatic carbocycles. The molecule has 1 fully saturated rings. The quantitative estimate of drug-likeness (QED) is 0.531. The Hall–Kier alpha value is -1.99. The van der Waals surface area contributed by atoms with Gasteiger partial charge in [0.15, 0.2) is 0 Å². The van der Waals surface area contributed by atoms with Crippen molar-refractivity contribution in [1.29, 1.82) is 0 Å². The largest absolute Gasteiger partial charge is 0.489 e. The number of nitrogens with zero attached hydrogens (tertiary/aromatic N) is 1. The summed E-state index contributed by atoms with van der Waals surface area (Å²) in [6, 6.07) is 4.16. The second-order valence-corrected chi connectivity index (χ2v) is 7.18. The maximum Gasteiger partial charge on any atom is 0.328 e. The first kappa shape index (κ1) is 20.3. The van der Waals surface area contributed by atoms with Crippen LogP contribution < -0.4 is 4.74 Å². The first-order valence-electron chi connectivity index (χ1n) is 8.09. The number of hydrogen-bond acceptors (Lipinski definition) is 6. The van der Waals surface area contributed by atoms with Crippen molar-refractivity contribution in [2.45, 2.75) is 39.3 Å². The molecule has 1 aromatic rings. The van der Waals surface area contributed by atoms with Crippen molar-refractivity contribution in [3.05, 3.63) is 33.7 Å². The molecule has 0 unspecified atom stereocenters. The maximum absolute atomic E-state index is 12.5. The molecule has 140 valence electrons. The highest BCUT2D eigenvalue weighted by atomic mass is 35.5. The van der Waals surface area contributed by atoms with E-state index in [0.717, 1.165) is 23.1 Å². The van der Waals surface area contributed by atoms with Gasteiger partial charge in [0, 0.05) is 0 Å². The number of amides is 2. The van der Waals surface area contributed by atoms with Crippen LogP contribution in [0.15, 0.2) is 23.1 Å². The van der Waals surface area contributed by atoms with Crippen LogP contribution in [-0.4, -0.2) is 41.3 Å². The first-order valence-corrected chi connectivity index (χ1v) is 9.29. The van der Waals surface area contributed by atoms with Gasteiger partial charge < -0.3 is 9.47 Å². The number of hydrogen-bond donors (Lipinski definition) is 0. The number of methoxy groups -OCH3 is 1. The monoisotopic (exact) mass is 397 g/mol. The fraction of sp³-hybridized carbons (Fsp3) is 0.389. The van der Waals surface area contributed by atoms with Gasteiger partial charge in [0.05, 0.1) is 23.1 Å². The van der Waals surface area contributed by atoms with Gasteiger partial charge in [0.2, 0.25) is 0 Å². The lowest BCUT2D eigenvalue weighted by Gasteiger charge is -2.18. The van der Waals surface area contributed by atoms with E-state index in [1.165, 1.54) is 14.0 Å². The second kappa shape index (κ2) is 8.60. The van der Waals surface area contributed by atoms with Gasteiger partial charge in [-0.2, -0.15) is 0 Å². The van der Waals surface area contributed by atoms with Gasteiger partial charge >= 0.3 is 5.97 Å². The van der Waals surface area contributed by atoms with Gasteiger partial charge in [0.1, 0.15) is 11.8 Å². The Bertz CT molecular complexity index is 764. The highest BCUT2D eigenvalue weighted by molar-refractivity contribution is 8.18. The van der Waals surface area contributed by atoms with E-state index in [4.69, 9.17) is 16.3 Å². The third kappa shape index (κ3) is 4.40. The molecule has 1 aliphatic heterocycles. The molecule has 8 heteroatoms. The maximum atomic E-state index is 12.5. The van der Waals surface area contributed by atoms with Crippen LogP contribution in [0.4, 0.5) is 4.79 Å². The molecule has 0 aromatic heterocycles. The zero-order valence-electron chi connectivity index (χ0n) is 14.9.